The third-order valence-electron chi connectivity index (χ3n) is 6.08. The molecule has 0 radical (unpaired) electrons. The normalized spacial score (nSPS) is 21.0. The number of nitrogens with zero attached hydrogens (tertiary/aromatic N) is 5. The van der Waals surface area contributed by atoms with Crippen molar-refractivity contribution in [3.8, 4) is 6.07 Å². The molecule has 7 nitrogen and oxygen atoms in total. The topological polar surface area (TPSA) is 85.2 Å². The summed E-state index contributed by atoms with van der Waals surface area (Å²) in [6.07, 6.45) is 2.02. The average molecular weight is 390 g/mol. The number of urea groups is 1. The number of nitrogens with one attached hydrogen (secondary N) is 1. The van der Waals surface area contributed by atoms with Crippen LogP contribution in [0.3, 0.4) is 0 Å². The van der Waals surface area contributed by atoms with Crippen molar-refractivity contribution in [2.75, 3.05) is 36.4 Å². The zero-order chi connectivity index (χ0) is 20.4. The van der Waals surface area contributed by atoms with E-state index >= 15 is 0 Å². The van der Waals surface area contributed by atoms with Crippen molar-refractivity contribution in [3.05, 3.63) is 47.7 Å². The Morgan fingerprint density at radius 1 is 1.10 bits per heavy atom. The van der Waals surface area contributed by atoms with Crippen LogP contribution in [-0.2, 0) is 0 Å². The van der Waals surface area contributed by atoms with E-state index in [4.69, 9.17) is 5.26 Å². The number of nitriles is 1. The van der Waals surface area contributed by atoms with E-state index in [1.165, 1.54) is 5.56 Å². The summed E-state index contributed by atoms with van der Waals surface area (Å²) in [4.78, 5) is 16.9. The third kappa shape index (κ3) is 4.02. The summed E-state index contributed by atoms with van der Waals surface area (Å²) in [7, 11) is 0. The molecule has 2 aliphatic heterocycles. The van der Waals surface area contributed by atoms with Gasteiger partial charge in [-0.15, -0.1) is 10.2 Å². The zero-order valence-electron chi connectivity index (χ0n) is 16.9. The summed E-state index contributed by atoms with van der Waals surface area (Å²) in [5, 5.41) is 20.0. The van der Waals surface area contributed by atoms with Crippen LogP contribution < -0.4 is 10.2 Å². The predicted octanol–water partition coefficient (Wildman–Crippen LogP) is 3.61. The number of amides is 2. The Morgan fingerprint density at radius 2 is 1.86 bits per heavy atom. The molecule has 29 heavy (non-hydrogen) atoms. The molecule has 0 bridgehead atoms. The van der Waals surface area contributed by atoms with Gasteiger partial charge >= 0.3 is 6.03 Å². The van der Waals surface area contributed by atoms with Gasteiger partial charge in [0.1, 0.15) is 6.07 Å². The quantitative estimate of drug-likeness (QED) is 0.865. The van der Waals surface area contributed by atoms with Gasteiger partial charge in [-0.05, 0) is 48.6 Å². The number of rotatable bonds is 3. The predicted molar refractivity (Wildman–Crippen MR) is 112 cm³/mol. The van der Waals surface area contributed by atoms with Gasteiger partial charge in [-0.25, -0.2) is 4.79 Å². The number of carbonyl (C=O) groups excluding carboxylic acids is 1. The molecule has 3 heterocycles. The van der Waals surface area contributed by atoms with Crippen molar-refractivity contribution in [1.29, 1.82) is 5.26 Å². The van der Waals surface area contributed by atoms with Crippen molar-refractivity contribution in [1.82, 2.24) is 15.1 Å². The summed E-state index contributed by atoms with van der Waals surface area (Å²) in [6.45, 7) is 7.59. The lowest BCUT2D eigenvalue weighted by Gasteiger charge is -2.25. The van der Waals surface area contributed by atoms with E-state index in [-0.39, 0.29) is 11.4 Å². The lowest BCUT2D eigenvalue weighted by molar-refractivity contribution is 0.215. The number of anilines is 2. The highest BCUT2D eigenvalue weighted by atomic mass is 16.2. The first-order valence-corrected chi connectivity index (χ1v) is 10.1. The Balaban J connectivity index is 1.35. The highest BCUT2D eigenvalue weighted by Gasteiger charge is 2.45. The maximum Gasteiger partial charge on any atom is 0.321 e. The minimum Gasteiger partial charge on any atom is -0.354 e. The molecule has 1 N–H and O–H groups in total. The molecule has 1 unspecified atom stereocenters. The van der Waals surface area contributed by atoms with Crippen LogP contribution in [0.5, 0.6) is 0 Å². The molecule has 150 valence electrons. The summed E-state index contributed by atoms with van der Waals surface area (Å²) in [5.41, 5.74) is 2.53. The van der Waals surface area contributed by atoms with Crippen LogP contribution in [0.15, 0.2) is 36.4 Å². The number of hydrogen-bond acceptors (Lipinski definition) is 5. The Bertz CT molecular complexity index is 918. The third-order valence-corrected chi connectivity index (χ3v) is 6.08. The highest BCUT2D eigenvalue weighted by molar-refractivity contribution is 5.89. The summed E-state index contributed by atoms with van der Waals surface area (Å²) >= 11 is 0. The van der Waals surface area contributed by atoms with Crippen LogP contribution in [-0.4, -0.2) is 47.3 Å². The van der Waals surface area contributed by atoms with E-state index in [1.807, 2.05) is 29.2 Å². The second kappa shape index (κ2) is 7.70. The van der Waals surface area contributed by atoms with Gasteiger partial charge in [-0.2, -0.15) is 5.26 Å². The van der Waals surface area contributed by atoms with Crippen molar-refractivity contribution >= 4 is 17.5 Å². The second-order valence-corrected chi connectivity index (χ2v) is 8.44. The number of aromatic nitrogens is 2. The Kier molecular flexibility index (Phi) is 5.10. The fraction of sp³-hybridized carbons (Fsp3) is 0.455. The molecule has 2 fully saturated rings. The van der Waals surface area contributed by atoms with E-state index in [1.54, 1.807) is 6.07 Å². The summed E-state index contributed by atoms with van der Waals surface area (Å²) < 4.78 is 0. The molecule has 1 spiro atoms. The monoisotopic (exact) mass is 390 g/mol. The molecular weight excluding hydrogens is 364 g/mol. The van der Waals surface area contributed by atoms with Gasteiger partial charge in [0.15, 0.2) is 11.5 Å². The molecule has 0 aliphatic carbocycles. The van der Waals surface area contributed by atoms with Crippen LogP contribution in [0.4, 0.5) is 16.3 Å². The lowest BCUT2D eigenvalue weighted by Crippen LogP contribution is -2.36. The average Bonchev–Trinajstić information content (AvgIpc) is 3.35. The van der Waals surface area contributed by atoms with E-state index < -0.39 is 0 Å². The maximum absolute atomic E-state index is 12.7. The van der Waals surface area contributed by atoms with Crippen molar-refractivity contribution in [3.63, 3.8) is 0 Å². The second-order valence-electron chi connectivity index (χ2n) is 8.44. The SMILES string of the molecule is CC(C)c1ccc(NC(=O)N2CCC3(CCN(c4ccc(C#N)nn4)C3)C2)cc1. The first-order chi connectivity index (χ1) is 14.0. The molecule has 0 saturated carbocycles. The number of benzene rings is 1. The van der Waals surface area contributed by atoms with Crippen LogP contribution in [0.25, 0.3) is 0 Å². The van der Waals surface area contributed by atoms with Crippen LogP contribution >= 0.6 is 0 Å². The molecule has 2 amide bonds. The van der Waals surface area contributed by atoms with Crippen LogP contribution in [0.1, 0.15) is 43.9 Å². The molecule has 2 saturated heterocycles. The van der Waals surface area contributed by atoms with Gasteiger partial charge in [-0.1, -0.05) is 26.0 Å². The van der Waals surface area contributed by atoms with Gasteiger partial charge in [0.05, 0.1) is 0 Å². The van der Waals surface area contributed by atoms with E-state index in [9.17, 15) is 4.79 Å². The van der Waals surface area contributed by atoms with E-state index in [0.29, 0.717) is 11.6 Å². The first kappa shape index (κ1) is 19.2. The molecule has 7 heteroatoms. The number of carbonyl (C=O) groups is 1. The standard InChI is InChI=1S/C22H26N6O/c1-16(2)17-3-5-18(6-4-17)24-21(29)28-12-10-22(15-28)9-11-27(14-22)20-8-7-19(13-23)25-26-20/h3-8,16H,9-12,14-15H2,1-2H3,(H,24,29). The zero-order valence-corrected chi connectivity index (χ0v) is 16.9. The molecule has 4 rings (SSSR count). The van der Waals surface area contributed by atoms with Crippen LogP contribution in [0.2, 0.25) is 0 Å². The van der Waals surface area contributed by atoms with Gasteiger partial charge in [0.25, 0.3) is 0 Å². The molecule has 1 aromatic carbocycles. The molecule has 1 atom stereocenters. The molecule has 1 aromatic heterocycles. The van der Waals surface area contributed by atoms with Crippen LogP contribution in [0, 0.1) is 16.7 Å². The Hall–Kier alpha value is -3.14. The van der Waals surface area contributed by atoms with Crippen molar-refractivity contribution in [2.24, 2.45) is 5.41 Å². The number of likely N-dealkylation sites (tertiary alicyclic amines) is 1. The number of hydrogen-bond donors (Lipinski definition) is 1. The Labute approximate surface area is 171 Å². The fourth-order valence-corrected chi connectivity index (χ4v) is 4.28. The molecule has 2 aliphatic rings. The Morgan fingerprint density at radius 3 is 2.52 bits per heavy atom. The van der Waals surface area contributed by atoms with Gasteiger partial charge in [0.2, 0.25) is 0 Å². The summed E-state index contributed by atoms with van der Waals surface area (Å²) in [5.74, 6) is 1.28. The highest BCUT2D eigenvalue weighted by Crippen LogP contribution is 2.40. The smallest absolute Gasteiger partial charge is 0.321 e. The minimum atomic E-state index is -0.0317. The first-order valence-electron chi connectivity index (χ1n) is 10.1. The molecular formula is C22H26N6O. The van der Waals surface area contributed by atoms with Crippen molar-refractivity contribution < 1.29 is 4.79 Å². The van der Waals surface area contributed by atoms with E-state index in [2.05, 4.69) is 46.4 Å². The van der Waals surface area contributed by atoms with E-state index in [0.717, 1.165) is 50.5 Å². The van der Waals surface area contributed by atoms with Gasteiger partial charge < -0.3 is 15.1 Å². The molecule has 2 aromatic rings. The van der Waals surface area contributed by atoms with Crippen molar-refractivity contribution in [2.45, 2.75) is 32.6 Å². The maximum atomic E-state index is 12.7. The lowest BCUT2D eigenvalue weighted by atomic mass is 9.86. The minimum absolute atomic E-state index is 0.0317. The van der Waals surface area contributed by atoms with Gasteiger partial charge in [-0.3, -0.25) is 0 Å². The fourth-order valence-electron chi connectivity index (χ4n) is 4.28. The van der Waals surface area contributed by atoms with Gasteiger partial charge in [0, 0.05) is 37.3 Å². The summed E-state index contributed by atoms with van der Waals surface area (Å²) in [6, 6.07) is 13.6. The largest absolute Gasteiger partial charge is 0.354 e.